The number of anilines is 2. The van der Waals surface area contributed by atoms with Gasteiger partial charge in [-0.15, -0.1) is 0 Å². The molecule has 0 bridgehead atoms. The number of hydrogen-bond donors (Lipinski definition) is 0. The van der Waals surface area contributed by atoms with Crippen LogP contribution in [0.2, 0.25) is 0 Å². The topological polar surface area (TPSA) is 39.3 Å². The van der Waals surface area contributed by atoms with Crippen LogP contribution < -0.4 is 14.5 Å². The van der Waals surface area contributed by atoms with Crippen LogP contribution in [0.25, 0.3) is 0 Å². The lowest BCUT2D eigenvalue weighted by Crippen LogP contribution is -2.55. The van der Waals surface area contributed by atoms with Gasteiger partial charge in [0.1, 0.15) is 17.5 Å². The molecule has 0 N–H and O–H groups in total. The van der Waals surface area contributed by atoms with Crippen molar-refractivity contribution in [2.45, 2.75) is 45.4 Å². The number of ether oxygens (including phenoxy) is 1. The van der Waals surface area contributed by atoms with Crippen LogP contribution in [-0.4, -0.2) is 66.9 Å². The average Bonchev–Trinajstić information content (AvgIpc) is 3.29. The first-order valence-corrected chi connectivity index (χ1v) is 11.9. The summed E-state index contributed by atoms with van der Waals surface area (Å²) in [4.78, 5) is 22.1. The lowest BCUT2D eigenvalue weighted by atomic mass is 10.0. The normalized spacial score (nSPS) is 22.9. The van der Waals surface area contributed by atoms with Gasteiger partial charge < -0.3 is 14.5 Å². The Morgan fingerprint density at radius 3 is 2.47 bits per heavy atom. The summed E-state index contributed by atoms with van der Waals surface area (Å²) in [5.74, 6) is 1.06. The van der Waals surface area contributed by atoms with E-state index in [0.29, 0.717) is 0 Å². The summed E-state index contributed by atoms with van der Waals surface area (Å²) < 4.78 is 6.32. The zero-order valence-electron chi connectivity index (χ0n) is 19.5. The molecule has 2 aromatic rings. The van der Waals surface area contributed by atoms with Gasteiger partial charge in [0.15, 0.2) is 0 Å². The monoisotopic (exact) mass is 434 g/mol. The van der Waals surface area contributed by atoms with Gasteiger partial charge in [0, 0.05) is 50.4 Å². The van der Waals surface area contributed by atoms with E-state index in [-0.39, 0.29) is 17.8 Å². The summed E-state index contributed by atoms with van der Waals surface area (Å²) in [5.41, 5.74) is 3.37. The van der Waals surface area contributed by atoms with Gasteiger partial charge in [-0.3, -0.25) is 9.80 Å². The minimum absolute atomic E-state index is 0.0790. The zero-order valence-corrected chi connectivity index (χ0v) is 19.5. The summed E-state index contributed by atoms with van der Waals surface area (Å²) >= 11 is 0. The van der Waals surface area contributed by atoms with Gasteiger partial charge in [0.25, 0.3) is 0 Å². The first-order valence-electron chi connectivity index (χ1n) is 11.9. The quantitative estimate of drug-likeness (QED) is 0.707. The molecular formula is C26H34N4O2. The highest BCUT2D eigenvalue weighted by molar-refractivity contribution is 5.94. The van der Waals surface area contributed by atoms with Crippen molar-refractivity contribution in [1.29, 1.82) is 0 Å². The lowest BCUT2D eigenvalue weighted by molar-refractivity contribution is 0.138. The van der Waals surface area contributed by atoms with E-state index in [0.717, 1.165) is 63.5 Å². The summed E-state index contributed by atoms with van der Waals surface area (Å²) in [6.07, 6.45) is 2.01. The number of hydrogen-bond acceptors (Lipinski definition) is 4. The van der Waals surface area contributed by atoms with Gasteiger partial charge in [-0.05, 0) is 38.5 Å². The van der Waals surface area contributed by atoms with Gasteiger partial charge in [0.05, 0.1) is 12.2 Å². The maximum Gasteiger partial charge on any atom is 0.325 e. The number of para-hydroxylation sites is 2. The van der Waals surface area contributed by atoms with E-state index in [1.807, 2.05) is 40.1 Å². The molecule has 0 spiro atoms. The molecule has 3 aliphatic rings. The number of piperazine rings is 1. The first-order chi connectivity index (χ1) is 15.5. The number of benzene rings is 2. The van der Waals surface area contributed by atoms with E-state index >= 15 is 0 Å². The van der Waals surface area contributed by atoms with Gasteiger partial charge >= 0.3 is 6.03 Å². The number of urea groups is 1. The van der Waals surface area contributed by atoms with Gasteiger partial charge in [-0.1, -0.05) is 37.3 Å². The number of amides is 2. The summed E-state index contributed by atoms with van der Waals surface area (Å²) in [6.45, 7) is 11.7. The predicted molar refractivity (Wildman–Crippen MR) is 129 cm³/mol. The summed E-state index contributed by atoms with van der Waals surface area (Å²) in [7, 11) is 0. The average molecular weight is 435 g/mol. The minimum atomic E-state index is -0.136. The number of fused-ring (bicyclic) bond motifs is 1. The third kappa shape index (κ3) is 3.81. The molecule has 0 radical (unpaired) electrons. The fourth-order valence-corrected chi connectivity index (χ4v) is 5.35. The fourth-order valence-electron chi connectivity index (χ4n) is 5.35. The van der Waals surface area contributed by atoms with E-state index in [4.69, 9.17) is 4.74 Å². The van der Waals surface area contributed by atoms with Gasteiger partial charge in [0.2, 0.25) is 0 Å². The molecule has 0 saturated carbocycles. The lowest BCUT2D eigenvalue weighted by Gasteiger charge is -2.41. The number of rotatable bonds is 5. The molecule has 0 aromatic heterocycles. The van der Waals surface area contributed by atoms with Crippen LogP contribution in [0.5, 0.6) is 5.75 Å². The Kier molecular flexibility index (Phi) is 5.49. The molecule has 32 heavy (non-hydrogen) atoms. The molecule has 3 heterocycles. The van der Waals surface area contributed by atoms with Crippen molar-refractivity contribution in [3.8, 4) is 5.75 Å². The molecule has 2 amide bonds. The van der Waals surface area contributed by atoms with Crippen LogP contribution in [0.15, 0.2) is 48.5 Å². The molecule has 2 aromatic carbocycles. The van der Waals surface area contributed by atoms with Crippen molar-refractivity contribution in [3.63, 3.8) is 0 Å². The molecule has 0 aliphatic carbocycles. The predicted octanol–water partition coefficient (Wildman–Crippen LogP) is 4.20. The molecule has 6 nitrogen and oxygen atoms in total. The van der Waals surface area contributed by atoms with Crippen molar-refractivity contribution in [3.05, 3.63) is 54.1 Å². The Hall–Kier alpha value is -2.73. The number of carbonyl (C=O) groups excluding carboxylic acids is 1. The van der Waals surface area contributed by atoms with E-state index in [1.165, 1.54) is 11.3 Å². The molecule has 1 unspecified atom stereocenters. The van der Waals surface area contributed by atoms with Gasteiger partial charge in [-0.25, -0.2) is 4.79 Å². The SMILES string of the molecule is CCCN1CC(N2CCN(c3cccc4c3OC(C)(C)C4)CC2)N(c2ccccc2)C1=O. The van der Waals surface area contributed by atoms with Crippen molar-refractivity contribution in [2.24, 2.45) is 0 Å². The smallest absolute Gasteiger partial charge is 0.325 e. The molecule has 170 valence electrons. The molecule has 2 saturated heterocycles. The maximum absolute atomic E-state index is 13.2. The van der Waals surface area contributed by atoms with Crippen LogP contribution in [0.3, 0.4) is 0 Å². The second kappa shape index (κ2) is 8.32. The second-order valence-electron chi connectivity index (χ2n) is 9.74. The molecule has 2 fully saturated rings. The highest BCUT2D eigenvalue weighted by atomic mass is 16.5. The van der Waals surface area contributed by atoms with Gasteiger partial charge in [-0.2, -0.15) is 0 Å². The zero-order chi connectivity index (χ0) is 22.3. The Morgan fingerprint density at radius 2 is 1.75 bits per heavy atom. The van der Waals surface area contributed by atoms with E-state index < -0.39 is 0 Å². The van der Waals surface area contributed by atoms with Crippen molar-refractivity contribution in [2.75, 3.05) is 49.1 Å². The van der Waals surface area contributed by atoms with E-state index in [1.54, 1.807) is 0 Å². The van der Waals surface area contributed by atoms with Crippen LogP contribution in [0.4, 0.5) is 16.2 Å². The van der Waals surface area contributed by atoms with Crippen molar-refractivity contribution >= 4 is 17.4 Å². The van der Waals surface area contributed by atoms with E-state index in [2.05, 4.69) is 48.8 Å². The number of nitrogens with zero attached hydrogens (tertiary/aromatic N) is 4. The maximum atomic E-state index is 13.2. The third-order valence-electron chi connectivity index (χ3n) is 6.83. The van der Waals surface area contributed by atoms with Crippen LogP contribution in [0.1, 0.15) is 32.8 Å². The van der Waals surface area contributed by atoms with Crippen molar-refractivity contribution in [1.82, 2.24) is 9.80 Å². The Labute approximate surface area is 191 Å². The van der Waals surface area contributed by atoms with Crippen LogP contribution >= 0.6 is 0 Å². The van der Waals surface area contributed by atoms with Crippen molar-refractivity contribution < 1.29 is 9.53 Å². The molecule has 1 atom stereocenters. The Balaban J connectivity index is 1.33. The highest BCUT2D eigenvalue weighted by Crippen LogP contribution is 2.42. The van der Waals surface area contributed by atoms with E-state index in [9.17, 15) is 4.79 Å². The molecule has 3 aliphatic heterocycles. The standard InChI is InChI=1S/C26H34N4O2/c1-4-13-29-19-23(30(25(29)31)21-10-6-5-7-11-21)28-16-14-27(15-17-28)22-12-8-9-20-18-26(2,3)32-24(20)22/h5-12,23H,4,13-19H2,1-3H3. The molecule has 5 rings (SSSR count). The Morgan fingerprint density at radius 1 is 1.00 bits per heavy atom. The molecular weight excluding hydrogens is 400 g/mol. The van der Waals surface area contributed by atoms with Crippen LogP contribution in [-0.2, 0) is 6.42 Å². The summed E-state index contributed by atoms with van der Waals surface area (Å²) in [6, 6.07) is 16.8. The summed E-state index contributed by atoms with van der Waals surface area (Å²) in [5, 5.41) is 0. The second-order valence-corrected chi connectivity index (χ2v) is 9.74. The first kappa shape index (κ1) is 21.1. The fraction of sp³-hybridized carbons (Fsp3) is 0.500. The third-order valence-corrected chi connectivity index (χ3v) is 6.83. The number of carbonyl (C=O) groups is 1. The highest BCUT2D eigenvalue weighted by Gasteiger charge is 2.42. The molecule has 6 heteroatoms. The minimum Gasteiger partial charge on any atom is -0.485 e. The largest absolute Gasteiger partial charge is 0.485 e. The van der Waals surface area contributed by atoms with Crippen LogP contribution in [0, 0.1) is 0 Å². The Bertz CT molecular complexity index is 969.